The fourth-order valence-electron chi connectivity index (χ4n) is 1.75. The summed E-state index contributed by atoms with van der Waals surface area (Å²) < 4.78 is 1.11. The molecule has 1 aromatic carbocycles. The van der Waals surface area contributed by atoms with E-state index in [1.807, 2.05) is 12.1 Å². The van der Waals surface area contributed by atoms with Gasteiger partial charge in [0.2, 0.25) is 5.91 Å². The number of amides is 1. The van der Waals surface area contributed by atoms with Crippen molar-refractivity contribution in [2.45, 2.75) is 6.54 Å². The largest absolute Gasteiger partial charge is 0.351 e. The van der Waals surface area contributed by atoms with E-state index in [-0.39, 0.29) is 18.0 Å². The van der Waals surface area contributed by atoms with E-state index >= 15 is 0 Å². The maximum atomic E-state index is 11.8. The standard InChI is InChI=1S/C15H14ClN3O2/c1-2-9-17-14(20)10-19-15(21)8-7-13(18-19)11-5-3-4-6-12(11)16/h2-8H,1,9-10H2,(H,17,20). The van der Waals surface area contributed by atoms with Gasteiger partial charge >= 0.3 is 0 Å². The van der Waals surface area contributed by atoms with E-state index in [2.05, 4.69) is 17.0 Å². The summed E-state index contributed by atoms with van der Waals surface area (Å²) >= 11 is 6.11. The molecule has 2 aromatic rings. The topological polar surface area (TPSA) is 64.0 Å². The predicted octanol–water partition coefficient (Wildman–Crippen LogP) is 1.87. The van der Waals surface area contributed by atoms with Crippen molar-refractivity contribution in [2.75, 3.05) is 6.54 Å². The minimum absolute atomic E-state index is 0.148. The second-order valence-corrected chi connectivity index (χ2v) is 4.69. The van der Waals surface area contributed by atoms with E-state index in [4.69, 9.17) is 11.6 Å². The summed E-state index contributed by atoms with van der Waals surface area (Å²) in [4.78, 5) is 23.4. The minimum Gasteiger partial charge on any atom is -0.351 e. The first-order valence-electron chi connectivity index (χ1n) is 6.32. The summed E-state index contributed by atoms with van der Waals surface area (Å²) in [6.07, 6.45) is 1.56. The average molecular weight is 304 g/mol. The van der Waals surface area contributed by atoms with Gasteiger partial charge < -0.3 is 5.32 Å². The number of nitrogens with zero attached hydrogens (tertiary/aromatic N) is 2. The maximum Gasteiger partial charge on any atom is 0.267 e. The molecular formula is C15H14ClN3O2. The lowest BCUT2D eigenvalue weighted by atomic mass is 10.1. The van der Waals surface area contributed by atoms with Gasteiger partial charge in [0.25, 0.3) is 5.56 Å². The normalized spacial score (nSPS) is 10.1. The zero-order valence-electron chi connectivity index (χ0n) is 11.3. The Morgan fingerprint density at radius 3 is 2.81 bits per heavy atom. The van der Waals surface area contributed by atoms with E-state index in [1.54, 1.807) is 24.3 Å². The number of carbonyl (C=O) groups excluding carboxylic acids is 1. The molecule has 1 N–H and O–H groups in total. The molecule has 0 saturated carbocycles. The van der Waals surface area contributed by atoms with E-state index < -0.39 is 0 Å². The summed E-state index contributed by atoms with van der Waals surface area (Å²) in [6, 6.07) is 10.1. The van der Waals surface area contributed by atoms with Gasteiger partial charge in [0.05, 0.1) is 10.7 Å². The van der Waals surface area contributed by atoms with Crippen LogP contribution < -0.4 is 10.9 Å². The Bertz CT molecular complexity index is 725. The number of halogens is 1. The SMILES string of the molecule is C=CCNC(=O)Cn1nc(-c2ccccc2Cl)ccc1=O. The van der Waals surface area contributed by atoms with Crippen molar-refractivity contribution in [3.63, 3.8) is 0 Å². The smallest absolute Gasteiger partial charge is 0.267 e. The van der Waals surface area contributed by atoms with Gasteiger partial charge in [-0.1, -0.05) is 35.9 Å². The van der Waals surface area contributed by atoms with E-state index in [9.17, 15) is 9.59 Å². The summed E-state index contributed by atoms with van der Waals surface area (Å²) in [5.41, 5.74) is 0.899. The molecular weight excluding hydrogens is 290 g/mol. The maximum absolute atomic E-state index is 11.8. The number of carbonyl (C=O) groups is 1. The van der Waals surface area contributed by atoms with Crippen LogP contribution in [0, 0.1) is 0 Å². The number of rotatable bonds is 5. The molecule has 108 valence electrons. The molecule has 2 rings (SSSR count). The third kappa shape index (κ3) is 3.79. The van der Waals surface area contributed by atoms with Crippen molar-refractivity contribution >= 4 is 17.5 Å². The van der Waals surface area contributed by atoms with Crippen LogP contribution in [0.3, 0.4) is 0 Å². The van der Waals surface area contributed by atoms with E-state index in [1.165, 1.54) is 6.07 Å². The molecule has 0 radical (unpaired) electrons. The number of aromatic nitrogens is 2. The molecule has 1 aromatic heterocycles. The molecule has 0 saturated heterocycles. The van der Waals surface area contributed by atoms with Gasteiger partial charge in [0, 0.05) is 18.2 Å². The van der Waals surface area contributed by atoms with Crippen LogP contribution in [-0.2, 0) is 11.3 Å². The lowest BCUT2D eigenvalue weighted by Gasteiger charge is -2.08. The Kier molecular flexibility index (Phi) is 4.90. The van der Waals surface area contributed by atoms with Gasteiger partial charge in [-0.3, -0.25) is 9.59 Å². The van der Waals surface area contributed by atoms with Gasteiger partial charge in [0.1, 0.15) is 6.54 Å². The quantitative estimate of drug-likeness (QED) is 0.858. The molecule has 0 fully saturated rings. The lowest BCUT2D eigenvalue weighted by Crippen LogP contribution is -2.33. The third-order valence-electron chi connectivity index (χ3n) is 2.75. The van der Waals surface area contributed by atoms with Crippen LogP contribution in [-0.4, -0.2) is 22.2 Å². The summed E-state index contributed by atoms with van der Waals surface area (Å²) in [6.45, 7) is 3.70. The van der Waals surface area contributed by atoms with Crippen molar-refractivity contribution in [1.29, 1.82) is 0 Å². The van der Waals surface area contributed by atoms with Gasteiger partial charge in [-0.05, 0) is 12.1 Å². The highest BCUT2D eigenvalue weighted by Crippen LogP contribution is 2.24. The first-order chi connectivity index (χ1) is 10.1. The first kappa shape index (κ1) is 15.0. The highest BCUT2D eigenvalue weighted by atomic mass is 35.5. The molecule has 0 aliphatic carbocycles. The molecule has 0 aliphatic heterocycles. The molecule has 1 heterocycles. The van der Waals surface area contributed by atoms with Crippen LogP contribution in [0.4, 0.5) is 0 Å². The Balaban J connectivity index is 2.30. The zero-order valence-corrected chi connectivity index (χ0v) is 12.0. The van der Waals surface area contributed by atoms with E-state index in [0.717, 1.165) is 4.68 Å². The Morgan fingerprint density at radius 1 is 1.33 bits per heavy atom. The highest BCUT2D eigenvalue weighted by Gasteiger charge is 2.09. The van der Waals surface area contributed by atoms with Crippen LogP contribution in [0.2, 0.25) is 5.02 Å². The van der Waals surface area contributed by atoms with Crippen LogP contribution in [0.25, 0.3) is 11.3 Å². The second-order valence-electron chi connectivity index (χ2n) is 4.29. The molecule has 0 spiro atoms. The van der Waals surface area contributed by atoms with Crippen molar-refractivity contribution < 1.29 is 4.79 Å². The number of hydrogen-bond donors (Lipinski definition) is 1. The van der Waals surface area contributed by atoms with Gasteiger partial charge in [0.15, 0.2) is 0 Å². The molecule has 0 bridgehead atoms. The van der Waals surface area contributed by atoms with Gasteiger partial charge in [-0.15, -0.1) is 6.58 Å². The van der Waals surface area contributed by atoms with Gasteiger partial charge in [-0.25, -0.2) is 4.68 Å². The first-order valence-corrected chi connectivity index (χ1v) is 6.70. The monoisotopic (exact) mass is 303 g/mol. The minimum atomic E-state index is -0.348. The Hall–Kier alpha value is -2.40. The molecule has 0 unspecified atom stereocenters. The second kappa shape index (κ2) is 6.85. The van der Waals surface area contributed by atoms with Crippen LogP contribution in [0.5, 0.6) is 0 Å². The highest BCUT2D eigenvalue weighted by molar-refractivity contribution is 6.33. The van der Waals surface area contributed by atoms with Crippen LogP contribution in [0.15, 0.2) is 53.8 Å². The molecule has 1 amide bonds. The average Bonchev–Trinajstić information content (AvgIpc) is 2.48. The molecule has 0 atom stereocenters. The molecule has 6 heteroatoms. The van der Waals surface area contributed by atoms with Crippen molar-refractivity contribution in [1.82, 2.24) is 15.1 Å². The molecule has 5 nitrogen and oxygen atoms in total. The van der Waals surface area contributed by atoms with Crippen molar-refractivity contribution in [3.05, 3.63) is 64.4 Å². The van der Waals surface area contributed by atoms with Crippen molar-refractivity contribution in [3.8, 4) is 11.3 Å². The summed E-state index contributed by atoms with van der Waals surface area (Å²) in [7, 11) is 0. The fraction of sp³-hybridized carbons (Fsp3) is 0.133. The molecule has 21 heavy (non-hydrogen) atoms. The predicted molar refractivity (Wildman–Crippen MR) is 82.1 cm³/mol. The van der Waals surface area contributed by atoms with Gasteiger partial charge in [-0.2, -0.15) is 5.10 Å². The fourth-order valence-corrected chi connectivity index (χ4v) is 1.99. The number of hydrogen-bond acceptors (Lipinski definition) is 3. The summed E-state index contributed by atoms with van der Waals surface area (Å²) in [5, 5.41) is 7.31. The van der Waals surface area contributed by atoms with Crippen LogP contribution in [0.1, 0.15) is 0 Å². The van der Waals surface area contributed by atoms with Crippen LogP contribution >= 0.6 is 11.6 Å². The Morgan fingerprint density at radius 2 is 2.10 bits per heavy atom. The summed E-state index contributed by atoms with van der Waals surface area (Å²) in [5.74, 6) is -0.305. The number of nitrogens with one attached hydrogen (secondary N) is 1. The molecule has 0 aliphatic rings. The number of benzene rings is 1. The Labute approximate surface area is 126 Å². The van der Waals surface area contributed by atoms with E-state index in [0.29, 0.717) is 22.8 Å². The third-order valence-corrected chi connectivity index (χ3v) is 3.08. The lowest BCUT2D eigenvalue weighted by molar-refractivity contribution is -0.121. The van der Waals surface area contributed by atoms with Crippen molar-refractivity contribution in [2.24, 2.45) is 0 Å². The zero-order chi connectivity index (χ0) is 15.2.